The maximum Gasteiger partial charge on any atom is 0.160 e. The third-order valence-electron chi connectivity index (χ3n) is 12.0. The lowest BCUT2D eigenvalue weighted by atomic mass is 9.82. The molecule has 10 aromatic rings. The van der Waals surface area contributed by atoms with E-state index in [2.05, 4.69) is 194 Å². The molecule has 0 spiro atoms. The Morgan fingerprint density at radius 3 is 1.67 bits per heavy atom. The molecule has 0 fully saturated rings. The highest BCUT2D eigenvalue weighted by Crippen LogP contribution is 2.50. The largest absolute Gasteiger partial charge is 0.309 e. The quantitative estimate of drug-likeness (QED) is 0.169. The Morgan fingerprint density at radius 2 is 0.933 bits per heavy atom. The van der Waals surface area contributed by atoms with Gasteiger partial charge in [-0.2, -0.15) is 0 Å². The van der Waals surface area contributed by atoms with E-state index in [0.717, 1.165) is 50.2 Å². The molecule has 0 unspecified atom stereocenters. The first-order valence-electron chi connectivity index (χ1n) is 21.0. The summed E-state index contributed by atoms with van der Waals surface area (Å²) in [5, 5.41) is 2.34. The molecule has 8 aromatic carbocycles. The number of hydrogen-bond acceptors (Lipinski definition) is 2. The second-order valence-electron chi connectivity index (χ2n) is 15.8. The van der Waals surface area contributed by atoms with Gasteiger partial charge in [-0.25, -0.2) is 9.97 Å². The monoisotopic (exact) mass is 771 g/mol. The van der Waals surface area contributed by atoms with E-state index < -0.39 is 0 Å². The summed E-state index contributed by atoms with van der Waals surface area (Å²) in [7, 11) is 0. The minimum atomic E-state index is -0.0401. The second kappa shape index (κ2) is 15.1. The summed E-state index contributed by atoms with van der Waals surface area (Å²) in [6.07, 6.45) is 0. The van der Waals surface area contributed by atoms with E-state index in [4.69, 9.17) is 9.97 Å². The fourth-order valence-corrected chi connectivity index (χ4v) is 9.13. The van der Waals surface area contributed by atoms with Gasteiger partial charge in [-0.3, -0.25) is 0 Å². The van der Waals surface area contributed by atoms with E-state index in [1.807, 2.05) is 38.1 Å². The van der Waals surface area contributed by atoms with Crippen LogP contribution in [0.3, 0.4) is 0 Å². The van der Waals surface area contributed by atoms with E-state index in [9.17, 15) is 0 Å². The summed E-state index contributed by atoms with van der Waals surface area (Å²) in [6, 6.07) is 71.9. The zero-order valence-electron chi connectivity index (χ0n) is 34.4. The Hall–Kier alpha value is -7.36. The highest BCUT2D eigenvalue weighted by atomic mass is 15.0. The number of nitrogens with zero attached hydrogens (tertiary/aromatic N) is 3. The molecule has 0 bridgehead atoms. The van der Waals surface area contributed by atoms with E-state index in [1.165, 1.54) is 49.9 Å². The van der Waals surface area contributed by atoms with Crippen LogP contribution in [0.25, 0.3) is 94.8 Å². The lowest BCUT2D eigenvalue weighted by molar-refractivity contribution is 0.660. The standard InChI is InChI=1S/C55H39N3.C2H6/c1-55(2)47-23-13-12-21-43(47)45-33-40(27-31-48(45)55)41-28-32-51-46(34-41)53-44(22-14-24-52(53)58(51)42-29-25-37(26-30-42)36-15-6-3-7-16-36)50-35-49(38-17-8-4-9-18-38)56-54(57-50)39-19-10-5-11-20-39;1-2/h3-35H,1-2H3;1-2H3. The molecular formula is C57H45N3. The second-order valence-corrected chi connectivity index (χ2v) is 15.8. The molecule has 0 aliphatic heterocycles. The van der Waals surface area contributed by atoms with Crippen molar-refractivity contribution in [3.63, 3.8) is 0 Å². The summed E-state index contributed by atoms with van der Waals surface area (Å²) in [5.41, 5.74) is 18.4. The Kier molecular flexibility index (Phi) is 9.30. The van der Waals surface area contributed by atoms with Crippen LogP contribution in [0, 0.1) is 0 Å². The molecular weight excluding hydrogens is 727 g/mol. The SMILES string of the molecule is CC.CC1(C)c2ccccc2-c2cc(-c3ccc4c(c3)c3c(-c5cc(-c6ccccc6)nc(-c6ccccc6)n5)cccc3n4-c3ccc(-c4ccccc4)cc3)ccc21. The van der Waals surface area contributed by atoms with Crippen molar-refractivity contribution in [2.45, 2.75) is 33.1 Å². The van der Waals surface area contributed by atoms with E-state index in [-0.39, 0.29) is 5.41 Å². The molecule has 0 saturated heterocycles. The molecule has 0 N–H and O–H groups in total. The van der Waals surface area contributed by atoms with Crippen molar-refractivity contribution in [2.75, 3.05) is 0 Å². The molecule has 3 nitrogen and oxygen atoms in total. The summed E-state index contributed by atoms with van der Waals surface area (Å²) in [5.74, 6) is 0.705. The zero-order valence-corrected chi connectivity index (χ0v) is 34.4. The Bertz CT molecular complexity index is 3100. The molecule has 2 heterocycles. The molecule has 288 valence electrons. The van der Waals surface area contributed by atoms with Gasteiger partial charge in [-0.1, -0.05) is 185 Å². The molecule has 0 amide bonds. The average Bonchev–Trinajstić information content (AvgIpc) is 3.78. The Balaban J connectivity index is 0.00000213. The molecule has 0 saturated carbocycles. The fourth-order valence-electron chi connectivity index (χ4n) is 9.13. The number of benzene rings is 8. The third-order valence-corrected chi connectivity index (χ3v) is 12.0. The molecule has 60 heavy (non-hydrogen) atoms. The van der Waals surface area contributed by atoms with Crippen LogP contribution < -0.4 is 0 Å². The van der Waals surface area contributed by atoms with Crippen LogP contribution >= 0.6 is 0 Å². The van der Waals surface area contributed by atoms with Crippen molar-refractivity contribution in [3.05, 3.63) is 211 Å². The van der Waals surface area contributed by atoms with Gasteiger partial charge in [0.2, 0.25) is 0 Å². The predicted molar refractivity (Wildman–Crippen MR) is 252 cm³/mol. The molecule has 1 aliphatic carbocycles. The van der Waals surface area contributed by atoms with Gasteiger partial charge in [0.05, 0.1) is 22.4 Å². The smallest absolute Gasteiger partial charge is 0.160 e. The maximum absolute atomic E-state index is 5.32. The van der Waals surface area contributed by atoms with Gasteiger partial charge in [0.15, 0.2) is 5.82 Å². The number of aromatic nitrogens is 3. The van der Waals surface area contributed by atoms with Gasteiger partial charge in [-0.15, -0.1) is 0 Å². The zero-order chi connectivity index (χ0) is 40.8. The number of hydrogen-bond donors (Lipinski definition) is 0. The van der Waals surface area contributed by atoms with Crippen molar-refractivity contribution < 1.29 is 0 Å². The minimum Gasteiger partial charge on any atom is -0.309 e. The highest BCUT2D eigenvalue weighted by Gasteiger charge is 2.35. The van der Waals surface area contributed by atoms with Gasteiger partial charge in [0.1, 0.15) is 0 Å². The molecule has 0 atom stereocenters. The van der Waals surface area contributed by atoms with Gasteiger partial charge in [0.25, 0.3) is 0 Å². The normalized spacial score (nSPS) is 12.5. The predicted octanol–water partition coefficient (Wildman–Crippen LogP) is 15.2. The molecule has 3 heteroatoms. The van der Waals surface area contributed by atoms with Crippen molar-refractivity contribution in [2.24, 2.45) is 0 Å². The first-order chi connectivity index (χ1) is 29.5. The van der Waals surface area contributed by atoms with Crippen LogP contribution in [0.2, 0.25) is 0 Å². The number of rotatable bonds is 6. The summed E-state index contributed by atoms with van der Waals surface area (Å²) < 4.78 is 2.41. The van der Waals surface area contributed by atoms with Crippen molar-refractivity contribution in [1.29, 1.82) is 0 Å². The van der Waals surface area contributed by atoms with Crippen LogP contribution in [0.15, 0.2) is 200 Å². The van der Waals surface area contributed by atoms with E-state index in [0.29, 0.717) is 5.82 Å². The van der Waals surface area contributed by atoms with Crippen LogP contribution in [0.4, 0.5) is 0 Å². The maximum atomic E-state index is 5.32. The van der Waals surface area contributed by atoms with Crippen molar-refractivity contribution in [1.82, 2.24) is 14.5 Å². The van der Waals surface area contributed by atoms with Gasteiger partial charge in [0, 0.05) is 38.6 Å². The van der Waals surface area contributed by atoms with Crippen LogP contribution in [-0.2, 0) is 5.41 Å². The minimum absolute atomic E-state index is 0.0401. The van der Waals surface area contributed by atoms with E-state index >= 15 is 0 Å². The van der Waals surface area contributed by atoms with Crippen molar-refractivity contribution >= 4 is 21.8 Å². The van der Waals surface area contributed by atoms with Gasteiger partial charge < -0.3 is 4.57 Å². The first-order valence-corrected chi connectivity index (χ1v) is 21.0. The molecule has 2 aromatic heterocycles. The van der Waals surface area contributed by atoms with Gasteiger partial charge in [-0.05, 0) is 87.0 Å². The lowest BCUT2D eigenvalue weighted by Crippen LogP contribution is -2.14. The van der Waals surface area contributed by atoms with E-state index in [1.54, 1.807) is 0 Å². The summed E-state index contributed by atoms with van der Waals surface area (Å²) in [4.78, 5) is 10.4. The summed E-state index contributed by atoms with van der Waals surface area (Å²) >= 11 is 0. The van der Waals surface area contributed by atoms with Crippen molar-refractivity contribution in [3.8, 4) is 73.0 Å². The Morgan fingerprint density at radius 1 is 0.383 bits per heavy atom. The average molecular weight is 772 g/mol. The highest BCUT2D eigenvalue weighted by molar-refractivity contribution is 6.16. The first kappa shape index (κ1) is 36.9. The van der Waals surface area contributed by atoms with Crippen LogP contribution in [-0.4, -0.2) is 14.5 Å². The topological polar surface area (TPSA) is 30.7 Å². The van der Waals surface area contributed by atoms with Crippen LogP contribution in [0.5, 0.6) is 0 Å². The lowest BCUT2D eigenvalue weighted by Gasteiger charge is -2.21. The Labute approximate surface area is 352 Å². The van der Waals surface area contributed by atoms with Crippen LogP contribution in [0.1, 0.15) is 38.8 Å². The summed E-state index contributed by atoms with van der Waals surface area (Å²) in [6.45, 7) is 8.68. The number of fused-ring (bicyclic) bond motifs is 6. The van der Waals surface area contributed by atoms with Gasteiger partial charge >= 0.3 is 0 Å². The molecule has 0 radical (unpaired) electrons. The molecule has 11 rings (SSSR count). The molecule has 1 aliphatic rings. The third kappa shape index (κ3) is 6.22. The fraction of sp³-hybridized carbons (Fsp3) is 0.0877.